The van der Waals surface area contributed by atoms with E-state index in [9.17, 15) is 13.9 Å². The first kappa shape index (κ1) is 11.8. The molecule has 0 spiro atoms. The third-order valence-electron chi connectivity index (χ3n) is 2.41. The molecule has 0 saturated carbocycles. The Morgan fingerprint density at radius 3 is 2.89 bits per heavy atom. The minimum Gasteiger partial charge on any atom is -0.503 e. The third kappa shape index (κ3) is 1.76. The van der Waals surface area contributed by atoms with Gasteiger partial charge in [0.1, 0.15) is 16.2 Å². The molecule has 1 unspecified atom stereocenters. The van der Waals surface area contributed by atoms with E-state index in [1.54, 1.807) is 0 Å². The molecule has 94 valence electrons. The average molecular weight is 287 g/mol. The molecule has 1 atom stereocenters. The molecule has 0 radical (unpaired) electrons. The van der Waals surface area contributed by atoms with Gasteiger partial charge in [0.15, 0.2) is 17.4 Å². The average Bonchev–Trinajstić information content (AvgIpc) is 2.92. The van der Waals surface area contributed by atoms with Gasteiger partial charge in [0.25, 0.3) is 0 Å². The number of nitrogens with zero attached hydrogens (tertiary/aromatic N) is 2. The van der Waals surface area contributed by atoms with Gasteiger partial charge >= 0.3 is 0 Å². The number of fused-ring (bicyclic) bond motifs is 1. The van der Waals surface area contributed by atoms with E-state index in [0.717, 1.165) is 17.4 Å². The van der Waals surface area contributed by atoms with Crippen LogP contribution < -0.4 is 5.73 Å². The third-order valence-corrected chi connectivity index (χ3v) is 4.69. The van der Waals surface area contributed by atoms with Crippen LogP contribution in [0.25, 0.3) is 10.2 Å². The molecular weight excluding hydrogens is 280 g/mol. The largest absolute Gasteiger partial charge is 0.503 e. The topological polar surface area (TPSA) is 71.5 Å². The van der Waals surface area contributed by atoms with E-state index in [1.165, 1.54) is 11.8 Å². The van der Waals surface area contributed by atoms with Crippen molar-refractivity contribution in [3.8, 4) is 5.75 Å². The minimum absolute atomic E-state index is 0.118. The first-order valence-electron chi connectivity index (χ1n) is 5.00. The van der Waals surface area contributed by atoms with Crippen molar-refractivity contribution in [3.63, 3.8) is 0 Å². The maximum Gasteiger partial charge on any atom is 0.189 e. The van der Waals surface area contributed by atoms with E-state index < -0.39 is 17.4 Å². The zero-order chi connectivity index (χ0) is 12.9. The van der Waals surface area contributed by atoms with Crippen LogP contribution in [0.5, 0.6) is 5.75 Å². The number of hydrogen-bond acceptors (Lipinski definition) is 6. The van der Waals surface area contributed by atoms with Gasteiger partial charge in [-0.2, -0.15) is 0 Å². The van der Waals surface area contributed by atoms with Crippen molar-refractivity contribution in [2.24, 2.45) is 10.7 Å². The quantitative estimate of drug-likeness (QED) is 0.842. The fourth-order valence-corrected chi connectivity index (χ4v) is 3.54. The summed E-state index contributed by atoms with van der Waals surface area (Å²) in [5, 5.41) is 10.3. The molecule has 0 amide bonds. The molecule has 0 aliphatic carbocycles. The van der Waals surface area contributed by atoms with E-state index in [4.69, 9.17) is 5.73 Å². The number of aliphatic imine (C=N–C) groups is 1. The first-order valence-corrected chi connectivity index (χ1v) is 6.80. The number of aromatic nitrogens is 1. The summed E-state index contributed by atoms with van der Waals surface area (Å²) in [4.78, 5) is 8.27. The number of thiazole rings is 1. The van der Waals surface area contributed by atoms with Crippen molar-refractivity contribution in [2.75, 3.05) is 5.75 Å². The van der Waals surface area contributed by atoms with Crippen LogP contribution in [-0.2, 0) is 0 Å². The number of aromatic hydroxyl groups is 1. The van der Waals surface area contributed by atoms with Gasteiger partial charge in [0.2, 0.25) is 0 Å². The first-order chi connectivity index (χ1) is 8.56. The Labute approximate surface area is 109 Å². The number of halogens is 2. The van der Waals surface area contributed by atoms with Gasteiger partial charge in [-0.1, -0.05) is 0 Å². The zero-order valence-electron chi connectivity index (χ0n) is 8.85. The lowest BCUT2D eigenvalue weighted by Crippen LogP contribution is -2.15. The molecule has 0 fully saturated rings. The van der Waals surface area contributed by atoms with Crippen LogP contribution in [0.2, 0.25) is 0 Å². The Morgan fingerprint density at radius 1 is 1.44 bits per heavy atom. The maximum atomic E-state index is 13.6. The molecule has 1 aliphatic heterocycles. The monoisotopic (exact) mass is 287 g/mol. The lowest BCUT2D eigenvalue weighted by molar-refractivity contribution is 0.400. The highest BCUT2D eigenvalue weighted by atomic mass is 32.2. The molecule has 0 bridgehead atoms. The Kier molecular flexibility index (Phi) is 2.72. The maximum absolute atomic E-state index is 13.6. The van der Waals surface area contributed by atoms with E-state index in [2.05, 4.69) is 9.98 Å². The Bertz CT molecular complexity index is 671. The van der Waals surface area contributed by atoms with Gasteiger partial charge in [-0.15, -0.1) is 23.1 Å². The number of benzene rings is 1. The highest BCUT2D eigenvalue weighted by molar-refractivity contribution is 8.15. The molecule has 1 aliphatic rings. The van der Waals surface area contributed by atoms with Crippen LogP contribution in [-0.4, -0.2) is 27.1 Å². The van der Waals surface area contributed by atoms with Crippen molar-refractivity contribution in [1.29, 1.82) is 0 Å². The van der Waals surface area contributed by atoms with Gasteiger partial charge in [-0.05, 0) is 0 Å². The summed E-state index contributed by atoms with van der Waals surface area (Å²) >= 11 is 2.45. The Hall–Kier alpha value is -1.25. The smallest absolute Gasteiger partial charge is 0.189 e. The summed E-state index contributed by atoms with van der Waals surface area (Å²) in [6.45, 7) is 0. The van der Waals surface area contributed by atoms with Crippen LogP contribution in [0.15, 0.2) is 11.1 Å². The van der Waals surface area contributed by atoms with E-state index in [1.807, 2.05) is 0 Å². The molecule has 8 heteroatoms. The number of hydrogen-bond donors (Lipinski definition) is 2. The zero-order valence-corrected chi connectivity index (χ0v) is 10.5. The SMILES string of the molecule is NC1CSC(c2nc3cc(F)c(O)c(F)c3s2)=N1. The number of thioether (sulfide) groups is 1. The van der Waals surface area contributed by atoms with E-state index in [-0.39, 0.29) is 16.4 Å². The second-order valence-electron chi connectivity index (χ2n) is 3.70. The number of nitrogens with two attached hydrogens (primary N) is 1. The molecule has 2 aromatic rings. The summed E-state index contributed by atoms with van der Waals surface area (Å²) in [7, 11) is 0. The summed E-state index contributed by atoms with van der Waals surface area (Å²) < 4.78 is 26.9. The normalized spacial score (nSPS) is 19.5. The second kappa shape index (κ2) is 4.15. The molecule has 2 heterocycles. The highest BCUT2D eigenvalue weighted by Crippen LogP contribution is 2.34. The van der Waals surface area contributed by atoms with Gasteiger partial charge < -0.3 is 10.8 Å². The molecule has 0 saturated heterocycles. The van der Waals surface area contributed by atoms with Crippen molar-refractivity contribution in [1.82, 2.24) is 4.98 Å². The molecule has 3 N–H and O–H groups in total. The van der Waals surface area contributed by atoms with E-state index >= 15 is 0 Å². The number of phenolic OH excluding ortho intramolecular Hbond substituents is 1. The Balaban J connectivity index is 2.17. The fourth-order valence-electron chi connectivity index (χ4n) is 1.59. The molecule has 4 nitrogen and oxygen atoms in total. The summed E-state index contributed by atoms with van der Waals surface area (Å²) in [6, 6.07) is 1.01. The Morgan fingerprint density at radius 2 is 2.22 bits per heavy atom. The molecule has 1 aromatic carbocycles. The minimum atomic E-state index is -1.02. The van der Waals surface area contributed by atoms with Gasteiger partial charge in [-0.3, -0.25) is 4.99 Å². The lowest BCUT2D eigenvalue weighted by Gasteiger charge is -1.96. The van der Waals surface area contributed by atoms with Crippen LogP contribution >= 0.6 is 23.1 Å². The second-order valence-corrected chi connectivity index (χ2v) is 5.71. The van der Waals surface area contributed by atoms with Crippen molar-refractivity contribution in [2.45, 2.75) is 6.17 Å². The van der Waals surface area contributed by atoms with Crippen LogP contribution in [0, 0.1) is 11.6 Å². The van der Waals surface area contributed by atoms with Gasteiger partial charge in [-0.25, -0.2) is 13.8 Å². The number of rotatable bonds is 1. The van der Waals surface area contributed by atoms with Crippen molar-refractivity contribution in [3.05, 3.63) is 22.7 Å². The summed E-state index contributed by atoms with van der Waals surface area (Å²) in [5.41, 5.74) is 5.80. The van der Waals surface area contributed by atoms with Crippen LogP contribution in [0.3, 0.4) is 0 Å². The molecule has 3 rings (SSSR count). The molecule has 18 heavy (non-hydrogen) atoms. The fraction of sp³-hybridized carbons (Fsp3) is 0.200. The highest BCUT2D eigenvalue weighted by Gasteiger charge is 2.22. The predicted octanol–water partition coefficient (Wildman–Crippen LogP) is 2.06. The standard InChI is InChI=1S/C10H7F2N3OS2/c11-3-1-4-8(6(12)7(3)16)18-10(14-4)9-15-5(13)2-17-9/h1,5,16H,2,13H2. The lowest BCUT2D eigenvalue weighted by atomic mass is 10.3. The summed E-state index contributed by atoms with van der Waals surface area (Å²) in [5.74, 6) is -2.33. The van der Waals surface area contributed by atoms with Gasteiger partial charge in [0, 0.05) is 11.8 Å². The van der Waals surface area contributed by atoms with Crippen molar-refractivity contribution >= 4 is 38.4 Å². The van der Waals surface area contributed by atoms with Crippen LogP contribution in [0.1, 0.15) is 5.01 Å². The molecular formula is C10H7F2N3OS2. The number of phenols is 1. The van der Waals surface area contributed by atoms with Crippen LogP contribution in [0.4, 0.5) is 8.78 Å². The predicted molar refractivity (Wildman–Crippen MR) is 68.2 cm³/mol. The van der Waals surface area contributed by atoms with Crippen molar-refractivity contribution < 1.29 is 13.9 Å². The van der Waals surface area contributed by atoms with E-state index in [0.29, 0.717) is 15.8 Å². The summed E-state index contributed by atoms with van der Waals surface area (Å²) in [6.07, 6.45) is -0.285. The van der Waals surface area contributed by atoms with Gasteiger partial charge in [0.05, 0.1) is 10.2 Å². The molecule has 1 aromatic heterocycles.